The Morgan fingerprint density at radius 3 is 2.45 bits per heavy atom. The van der Waals surface area contributed by atoms with E-state index in [2.05, 4.69) is 29.5 Å². The van der Waals surface area contributed by atoms with Crippen molar-refractivity contribution in [3.05, 3.63) is 36.0 Å². The zero-order chi connectivity index (χ0) is 21.0. The quantitative estimate of drug-likeness (QED) is 0.662. The molecule has 1 heterocycles. The summed E-state index contributed by atoms with van der Waals surface area (Å²) in [5, 5.41) is 7.07. The highest BCUT2D eigenvalue weighted by Crippen LogP contribution is 2.34. The van der Waals surface area contributed by atoms with Crippen LogP contribution in [0.1, 0.15) is 58.1 Å². The molecule has 2 N–H and O–H groups in total. The zero-order valence-electron chi connectivity index (χ0n) is 16.9. The van der Waals surface area contributed by atoms with Crippen molar-refractivity contribution in [3.8, 4) is 0 Å². The number of rotatable bonds is 6. The van der Waals surface area contributed by atoms with Crippen LogP contribution < -0.4 is 10.6 Å². The first-order valence-corrected chi connectivity index (χ1v) is 10.2. The Morgan fingerprint density at radius 2 is 1.79 bits per heavy atom. The van der Waals surface area contributed by atoms with E-state index in [1.165, 1.54) is 0 Å². The molecule has 1 saturated carbocycles. The van der Waals surface area contributed by atoms with E-state index in [0.29, 0.717) is 28.9 Å². The lowest BCUT2D eigenvalue weighted by Gasteiger charge is -2.31. The summed E-state index contributed by atoms with van der Waals surface area (Å²) in [4.78, 5) is 15.8. The van der Waals surface area contributed by atoms with E-state index in [4.69, 9.17) is 0 Å². The summed E-state index contributed by atoms with van der Waals surface area (Å²) >= 11 is 0. The van der Waals surface area contributed by atoms with Crippen LogP contribution in [0.5, 0.6) is 0 Å². The molecule has 1 aliphatic carbocycles. The van der Waals surface area contributed by atoms with Gasteiger partial charge in [0, 0.05) is 29.6 Å². The molecular weight excluding hydrogens is 379 g/mol. The summed E-state index contributed by atoms with van der Waals surface area (Å²) in [6, 6.07) is 8.18. The van der Waals surface area contributed by atoms with Gasteiger partial charge in [-0.2, -0.15) is 13.2 Å². The molecule has 1 fully saturated rings. The first-order valence-electron chi connectivity index (χ1n) is 10.2. The molecule has 4 nitrogen and oxygen atoms in total. The normalized spacial score (nSPS) is 20.1. The number of aromatic nitrogens is 1. The largest absolute Gasteiger partial charge is 0.433 e. The number of carbonyl (C=O) groups excluding carboxylic acids is 1. The molecule has 1 aliphatic rings. The molecule has 3 rings (SSSR count). The van der Waals surface area contributed by atoms with Gasteiger partial charge in [0.05, 0.1) is 5.52 Å². The van der Waals surface area contributed by atoms with E-state index in [9.17, 15) is 18.0 Å². The van der Waals surface area contributed by atoms with Gasteiger partial charge in [-0.3, -0.25) is 4.79 Å². The van der Waals surface area contributed by atoms with E-state index < -0.39 is 11.9 Å². The van der Waals surface area contributed by atoms with Gasteiger partial charge in [-0.15, -0.1) is 0 Å². The summed E-state index contributed by atoms with van der Waals surface area (Å²) in [5.41, 5.74) is -0.0897. The Bertz CT molecular complexity index is 843. The lowest BCUT2D eigenvalue weighted by atomic mass is 9.90. The van der Waals surface area contributed by atoms with E-state index in [1.807, 2.05) is 0 Å². The molecule has 1 aromatic carbocycles. The monoisotopic (exact) mass is 407 g/mol. The van der Waals surface area contributed by atoms with Crippen LogP contribution >= 0.6 is 0 Å². The van der Waals surface area contributed by atoms with Crippen molar-refractivity contribution >= 4 is 22.5 Å². The number of pyridine rings is 1. The van der Waals surface area contributed by atoms with E-state index in [1.54, 1.807) is 24.3 Å². The van der Waals surface area contributed by atoms with Gasteiger partial charge in [0.1, 0.15) is 5.69 Å². The van der Waals surface area contributed by atoms with Crippen molar-refractivity contribution in [2.45, 2.75) is 70.6 Å². The average molecular weight is 407 g/mol. The van der Waals surface area contributed by atoms with Gasteiger partial charge in [0.25, 0.3) is 0 Å². The summed E-state index contributed by atoms with van der Waals surface area (Å²) < 4.78 is 39.7. The second kappa shape index (κ2) is 9.01. The fourth-order valence-electron chi connectivity index (χ4n) is 3.76. The Morgan fingerprint density at radius 1 is 1.14 bits per heavy atom. The van der Waals surface area contributed by atoms with Crippen molar-refractivity contribution < 1.29 is 18.0 Å². The van der Waals surface area contributed by atoms with Gasteiger partial charge in [0.15, 0.2) is 0 Å². The number of amides is 1. The second-order valence-corrected chi connectivity index (χ2v) is 8.26. The predicted molar refractivity (Wildman–Crippen MR) is 109 cm³/mol. The summed E-state index contributed by atoms with van der Waals surface area (Å²) in [7, 11) is 0. The lowest BCUT2D eigenvalue weighted by Crippen LogP contribution is -2.40. The minimum atomic E-state index is -4.49. The first kappa shape index (κ1) is 21.4. The number of alkyl halides is 3. The number of hydrogen-bond acceptors (Lipinski definition) is 3. The number of nitrogens with one attached hydrogen (secondary N) is 2. The Balaban J connectivity index is 1.63. The minimum Gasteiger partial charge on any atom is -0.382 e. The van der Waals surface area contributed by atoms with Crippen LogP contribution in [-0.4, -0.2) is 23.0 Å². The van der Waals surface area contributed by atoms with Crippen LogP contribution in [0.25, 0.3) is 10.9 Å². The molecule has 0 radical (unpaired) electrons. The Kier molecular flexibility index (Phi) is 6.65. The van der Waals surface area contributed by atoms with Crippen molar-refractivity contribution in [3.63, 3.8) is 0 Å². The number of nitrogens with zero attached hydrogens (tertiary/aromatic N) is 1. The third kappa shape index (κ3) is 5.84. The standard InChI is InChI=1S/C22H28F3N3O/c1-14(2)7-12-21(29)27-16-10-8-15(9-11-16)26-19-13-20(22(23,24)25)28-18-6-4-3-5-17(18)19/h3-6,13-16H,7-12H2,1-2H3,(H,26,28)(H,27,29)/t15-,16+. The van der Waals surface area contributed by atoms with Gasteiger partial charge in [0.2, 0.25) is 5.91 Å². The molecule has 29 heavy (non-hydrogen) atoms. The van der Waals surface area contributed by atoms with Crippen molar-refractivity contribution in [1.82, 2.24) is 10.3 Å². The maximum atomic E-state index is 13.2. The van der Waals surface area contributed by atoms with Crippen LogP contribution in [0, 0.1) is 5.92 Å². The van der Waals surface area contributed by atoms with Crippen LogP contribution in [0.3, 0.4) is 0 Å². The molecule has 0 aliphatic heterocycles. The van der Waals surface area contributed by atoms with Crippen LogP contribution in [0.15, 0.2) is 30.3 Å². The van der Waals surface area contributed by atoms with Crippen molar-refractivity contribution in [2.75, 3.05) is 5.32 Å². The third-order valence-corrected chi connectivity index (χ3v) is 5.41. The fourth-order valence-corrected chi connectivity index (χ4v) is 3.76. The number of carbonyl (C=O) groups is 1. The molecule has 0 saturated heterocycles. The summed E-state index contributed by atoms with van der Waals surface area (Å²) in [6.07, 6.45) is 0.164. The second-order valence-electron chi connectivity index (χ2n) is 8.26. The van der Waals surface area contributed by atoms with Gasteiger partial charge >= 0.3 is 6.18 Å². The van der Waals surface area contributed by atoms with Crippen molar-refractivity contribution in [1.29, 1.82) is 0 Å². The molecule has 0 unspecified atom stereocenters. The topological polar surface area (TPSA) is 54.0 Å². The molecule has 0 spiro atoms. The molecule has 1 amide bonds. The SMILES string of the molecule is CC(C)CCC(=O)N[C@H]1CC[C@@H](Nc2cc(C(F)(F)F)nc3ccccc23)CC1. The minimum absolute atomic E-state index is 0.0747. The van der Waals surface area contributed by atoms with E-state index in [-0.39, 0.29) is 18.0 Å². The number of fused-ring (bicyclic) bond motifs is 1. The number of hydrogen-bond donors (Lipinski definition) is 2. The number of anilines is 1. The molecule has 2 aromatic rings. The third-order valence-electron chi connectivity index (χ3n) is 5.41. The predicted octanol–water partition coefficient (Wildman–Crippen LogP) is 5.53. The highest BCUT2D eigenvalue weighted by atomic mass is 19.4. The van der Waals surface area contributed by atoms with Gasteiger partial charge in [-0.25, -0.2) is 4.98 Å². The number of para-hydroxylation sites is 1. The van der Waals surface area contributed by atoms with Gasteiger partial charge in [-0.1, -0.05) is 32.0 Å². The van der Waals surface area contributed by atoms with Crippen molar-refractivity contribution in [2.24, 2.45) is 5.92 Å². The van der Waals surface area contributed by atoms with E-state index in [0.717, 1.165) is 38.2 Å². The van der Waals surface area contributed by atoms with E-state index >= 15 is 0 Å². The zero-order valence-corrected chi connectivity index (χ0v) is 16.9. The maximum Gasteiger partial charge on any atom is 0.433 e. The van der Waals surface area contributed by atoms with Gasteiger partial charge < -0.3 is 10.6 Å². The average Bonchev–Trinajstić information content (AvgIpc) is 2.67. The summed E-state index contributed by atoms with van der Waals surface area (Å²) in [6.45, 7) is 4.19. The number of halogens is 3. The summed E-state index contributed by atoms with van der Waals surface area (Å²) in [5.74, 6) is 0.586. The highest BCUT2D eigenvalue weighted by molar-refractivity contribution is 5.91. The fraction of sp³-hybridized carbons (Fsp3) is 0.545. The number of benzene rings is 1. The molecule has 0 bridgehead atoms. The van der Waals surface area contributed by atoms with Gasteiger partial charge in [-0.05, 0) is 50.2 Å². The highest BCUT2D eigenvalue weighted by Gasteiger charge is 2.33. The van der Waals surface area contributed by atoms with Crippen LogP contribution in [-0.2, 0) is 11.0 Å². The Hall–Kier alpha value is -2.31. The van der Waals surface area contributed by atoms with Crippen LogP contribution in [0.4, 0.5) is 18.9 Å². The molecule has 158 valence electrons. The Labute approximate surface area is 169 Å². The molecule has 0 atom stereocenters. The van der Waals surface area contributed by atoms with Crippen LogP contribution in [0.2, 0.25) is 0 Å². The first-order chi connectivity index (χ1) is 13.7. The lowest BCUT2D eigenvalue weighted by molar-refractivity contribution is -0.140. The molecular formula is C22H28F3N3O. The maximum absolute atomic E-state index is 13.2. The molecule has 1 aromatic heterocycles. The smallest absolute Gasteiger partial charge is 0.382 e. The molecule has 7 heteroatoms.